The minimum absolute atomic E-state index is 0.0690. The normalized spacial score (nSPS) is 19.9. The number of allylic oxidation sites excluding steroid dienone is 1. The standard InChI is InChI=1S/C22H31N5O2/c1-4-9-27-20-8-6-17(23-15-18-7-5-16(2)29-18)14-19(20)21(24-27)22(28)26-12-10-25(3)11-13-26/h4-5,7,17,23H,1,6,8-15H2,2-3H3/t17-/m1/s1. The molecule has 2 aliphatic rings. The maximum absolute atomic E-state index is 13.3. The second-order valence-corrected chi connectivity index (χ2v) is 8.17. The molecular formula is C22H31N5O2. The van der Waals surface area contributed by atoms with Gasteiger partial charge in [0.25, 0.3) is 5.91 Å². The molecule has 1 atom stereocenters. The average molecular weight is 398 g/mol. The van der Waals surface area contributed by atoms with Gasteiger partial charge in [-0.25, -0.2) is 0 Å². The number of hydrogen-bond donors (Lipinski definition) is 1. The van der Waals surface area contributed by atoms with Gasteiger partial charge in [0.2, 0.25) is 0 Å². The van der Waals surface area contributed by atoms with Crippen molar-refractivity contribution in [3.8, 4) is 0 Å². The van der Waals surface area contributed by atoms with Gasteiger partial charge in [0.15, 0.2) is 5.69 Å². The Hall–Kier alpha value is -2.38. The number of piperazine rings is 1. The van der Waals surface area contributed by atoms with E-state index in [-0.39, 0.29) is 5.91 Å². The Morgan fingerprint density at radius 1 is 1.34 bits per heavy atom. The zero-order valence-corrected chi connectivity index (χ0v) is 17.5. The summed E-state index contributed by atoms with van der Waals surface area (Å²) in [6, 6.07) is 4.32. The van der Waals surface area contributed by atoms with Crippen molar-refractivity contribution in [2.75, 3.05) is 33.2 Å². The smallest absolute Gasteiger partial charge is 0.274 e. The number of carbonyl (C=O) groups excluding carboxylic acids is 1. The highest BCUT2D eigenvalue weighted by Gasteiger charge is 2.31. The largest absolute Gasteiger partial charge is 0.465 e. The third-order valence-electron chi connectivity index (χ3n) is 6.00. The summed E-state index contributed by atoms with van der Waals surface area (Å²) in [5, 5.41) is 8.33. The molecule has 2 aromatic rings. The first-order valence-electron chi connectivity index (χ1n) is 10.5. The minimum atomic E-state index is 0.0690. The Kier molecular flexibility index (Phi) is 5.87. The number of aromatic nitrogens is 2. The zero-order chi connectivity index (χ0) is 20.4. The van der Waals surface area contributed by atoms with Crippen LogP contribution in [-0.2, 0) is 25.9 Å². The second kappa shape index (κ2) is 8.55. The van der Waals surface area contributed by atoms with Crippen molar-refractivity contribution in [1.82, 2.24) is 24.9 Å². The van der Waals surface area contributed by atoms with E-state index >= 15 is 0 Å². The van der Waals surface area contributed by atoms with Crippen LogP contribution in [0.15, 0.2) is 29.2 Å². The molecule has 0 bridgehead atoms. The molecule has 0 unspecified atom stereocenters. The third kappa shape index (κ3) is 4.31. The lowest BCUT2D eigenvalue weighted by atomic mass is 9.91. The number of likely N-dealkylation sites (N-methyl/N-ethyl adjacent to an activating group) is 1. The van der Waals surface area contributed by atoms with Gasteiger partial charge in [0, 0.05) is 43.5 Å². The first-order chi connectivity index (χ1) is 14.0. The van der Waals surface area contributed by atoms with Gasteiger partial charge in [0.05, 0.1) is 13.1 Å². The van der Waals surface area contributed by atoms with E-state index < -0.39 is 0 Å². The van der Waals surface area contributed by atoms with Crippen molar-refractivity contribution < 1.29 is 9.21 Å². The fourth-order valence-electron chi connectivity index (χ4n) is 4.29. The highest BCUT2D eigenvalue weighted by atomic mass is 16.3. The summed E-state index contributed by atoms with van der Waals surface area (Å²) in [5.74, 6) is 1.95. The van der Waals surface area contributed by atoms with Gasteiger partial charge >= 0.3 is 0 Å². The Bertz CT molecular complexity index is 876. The fraction of sp³-hybridized carbons (Fsp3) is 0.545. The third-order valence-corrected chi connectivity index (χ3v) is 6.00. The molecule has 0 aromatic carbocycles. The number of aryl methyl sites for hydroxylation is 1. The Balaban J connectivity index is 1.51. The predicted octanol–water partition coefficient (Wildman–Crippen LogP) is 2.01. The Labute approximate surface area is 172 Å². The van der Waals surface area contributed by atoms with E-state index in [1.807, 2.05) is 34.7 Å². The van der Waals surface area contributed by atoms with Crippen LogP contribution in [0.4, 0.5) is 0 Å². The molecule has 29 heavy (non-hydrogen) atoms. The summed E-state index contributed by atoms with van der Waals surface area (Å²) in [4.78, 5) is 17.5. The minimum Gasteiger partial charge on any atom is -0.465 e. The van der Waals surface area contributed by atoms with Crippen molar-refractivity contribution in [1.29, 1.82) is 0 Å². The molecule has 0 saturated carbocycles. The quantitative estimate of drug-likeness (QED) is 0.756. The van der Waals surface area contributed by atoms with Gasteiger partial charge in [-0.3, -0.25) is 9.48 Å². The van der Waals surface area contributed by atoms with E-state index in [0.29, 0.717) is 24.8 Å². The lowest BCUT2D eigenvalue weighted by Crippen LogP contribution is -2.47. The van der Waals surface area contributed by atoms with Gasteiger partial charge in [-0.2, -0.15) is 5.10 Å². The van der Waals surface area contributed by atoms with E-state index in [1.54, 1.807) is 0 Å². The molecule has 7 nitrogen and oxygen atoms in total. The second-order valence-electron chi connectivity index (χ2n) is 8.17. The van der Waals surface area contributed by atoms with Crippen LogP contribution in [-0.4, -0.2) is 64.8 Å². The van der Waals surface area contributed by atoms with Crippen molar-refractivity contribution in [3.63, 3.8) is 0 Å². The molecule has 2 aromatic heterocycles. The van der Waals surface area contributed by atoms with Gasteiger partial charge in [-0.15, -0.1) is 6.58 Å². The van der Waals surface area contributed by atoms with E-state index in [0.717, 1.165) is 62.5 Å². The van der Waals surface area contributed by atoms with Gasteiger partial charge in [0.1, 0.15) is 11.5 Å². The van der Waals surface area contributed by atoms with Crippen LogP contribution in [0.3, 0.4) is 0 Å². The van der Waals surface area contributed by atoms with Crippen LogP contribution >= 0.6 is 0 Å². The molecule has 156 valence electrons. The topological polar surface area (TPSA) is 66.5 Å². The molecular weight excluding hydrogens is 366 g/mol. The van der Waals surface area contributed by atoms with E-state index in [9.17, 15) is 4.79 Å². The lowest BCUT2D eigenvalue weighted by Gasteiger charge is -2.32. The van der Waals surface area contributed by atoms with Gasteiger partial charge in [-0.05, 0) is 45.4 Å². The molecule has 1 saturated heterocycles. The molecule has 1 aliphatic carbocycles. The number of hydrogen-bond acceptors (Lipinski definition) is 5. The summed E-state index contributed by atoms with van der Waals surface area (Å²) in [6.07, 6.45) is 4.61. The number of nitrogens with one attached hydrogen (secondary N) is 1. The van der Waals surface area contributed by atoms with Crippen LogP contribution in [0.1, 0.15) is 39.7 Å². The van der Waals surface area contributed by atoms with Gasteiger partial charge < -0.3 is 19.5 Å². The highest BCUT2D eigenvalue weighted by Crippen LogP contribution is 2.26. The number of furan rings is 1. The van der Waals surface area contributed by atoms with E-state index in [1.165, 1.54) is 5.69 Å². The molecule has 0 radical (unpaired) electrons. The van der Waals surface area contributed by atoms with Crippen LogP contribution in [0.25, 0.3) is 0 Å². The number of fused-ring (bicyclic) bond motifs is 1. The summed E-state index contributed by atoms with van der Waals surface area (Å²) in [7, 11) is 2.10. The van der Waals surface area contributed by atoms with Crippen LogP contribution < -0.4 is 5.32 Å². The fourth-order valence-corrected chi connectivity index (χ4v) is 4.29. The Morgan fingerprint density at radius 3 is 2.83 bits per heavy atom. The first-order valence-corrected chi connectivity index (χ1v) is 10.5. The summed E-state index contributed by atoms with van der Waals surface area (Å²) >= 11 is 0. The summed E-state index contributed by atoms with van der Waals surface area (Å²) in [6.45, 7) is 10.5. The maximum Gasteiger partial charge on any atom is 0.274 e. The average Bonchev–Trinajstić information content (AvgIpc) is 3.30. The van der Waals surface area contributed by atoms with Crippen LogP contribution in [0.5, 0.6) is 0 Å². The molecule has 4 rings (SSSR count). The van der Waals surface area contributed by atoms with Crippen molar-refractivity contribution in [2.24, 2.45) is 0 Å². The van der Waals surface area contributed by atoms with Crippen LogP contribution in [0, 0.1) is 6.92 Å². The molecule has 0 spiro atoms. The number of nitrogens with zero attached hydrogens (tertiary/aromatic N) is 4. The number of amides is 1. The maximum atomic E-state index is 13.3. The molecule has 1 amide bonds. The molecule has 3 heterocycles. The molecule has 1 N–H and O–H groups in total. The van der Waals surface area contributed by atoms with Crippen molar-refractivity contribution in [3.05, 3.63) is 53.3 Å². The van der Waals surface area contributed by atoms with Crippen LogP contribution in [0.2, 0.25) is 0 Å². The zero-order valence-electron chi connectivity index (χ0n) is 17.5. The summed E-state index contributed by atoms with van der Waals surface area (Å²) in [5.41, 5.74) is 2.93. The summed E-state index contributed by atoms with van der Waals surface area (Å²) < 4.78 is 7.65. The highest BCUT2D eigenvalue weighted by molar-refractivity contribution is 5.94. The molecule has 1 aliphatic heterocycles. The van der Waals surface area contributed by atoms with E-state index in [2.05, 4.69) is 23.8 Å². The first kappa shape index (κ1) is 19.9. The van der Waals surface area contributed by atoms with E-state index in [4.69, 9.17) is 9.52 Å². The number of carbonyl (C=O) groups is 1. The predicted molar refractivity (Wildman–Crippen MR) is 112 cm³/mol. The Morgan fingerprint density at radius 2 is 2.14 bits per heavy atom. The monoisotopic (exact) mass is 397 g/mol. The van der Waals surface area contributed by atoms with Crippen molar-refractivity contribution >= 4 is 5.91 Å². The molecule has 1 fully saturated rings. The molecule has 7 heteroatoms. The van der Waals surface area contributed by atoms with Gasteiger partial charge in [-0.1, -0.05) is 6.08 Å². The lowest BCUT2D eigenvalue weighted by molar-refractivity contribution is 0.0656. The number of rotatable bonds is 6. The SMILES string of the molecule is C=CCn1nc(C(=O)N2CCN(C)CC2)c2c1CC[C@@H](NCc1ccc(C)o1)C2. The van der Waals surface area contributed by atoms with Crippen molar-refractivity contribution in [2.45, 2.75) is 45.3 Å².